The van der Waals surface area contributed by atoms with Crippen molar-refractivity contribution in [3.63, 3.8) is 0 Å². The van der Waals surface area contributed by atoms with E-state index in [-0.39, 0.29) is 29.4 Å². The number of nitrogens with one attached hydrogen (secondary N) is 1. The lowest BCUT2D eigenvalue weighted by atomic mass is 9.86. The van der Waals surface area contributed by atoms with Crippen molar-refractivity contribution in [2.24, 2.45) is 0 Å². The van der Waals surface area contributed by atoms with E-state index in [1.165, 1.54) is 5.56 Å². The van der Waals surface area contributed by atoms with Gasteiger partial charge in [-0.05, 0) is 29.9 Å². The molecule has 3 rings (SSSR count). The topological polar surface area (TPSA) is 58.6 Å². The molecule has 2 heterocycles. The molecule has 2 fully saturated rings. The second kappa shape index (κ2) is 7.68. The quantitative estimate of drug-likeness (QED) is 0.903. The van der Waals surface area contributed by atoms with Crippen molar-refractivity contribution in [3.05, 3.63) is 29.8 Å². The smallest absolute Gasteiger partial charge is 0.245 e. The number of benzene rings is 1. The van der Waals surface area contributed by atoms with E-state index in [2.05, 4.69) is 32.2 Å². The van der Waals surface area contributed by atoms with E-state index >= 15 is 0 Å². The van der Waals surface area contributed by atoms with E-state index in [1.807, 2.05) is 23.1 Å². The Bertz CT molecular complexity index is 657. The number of ether oxygens (including phenoxy) is 1. The number of nitrogens with zero attached hydrogens (tertiary/aromatic N) is 1. The third-order valence-electron chi connectivity index (χ3n) is 5.27. The lowest BCUT2D eigenvalue weighted by Gasteiger charge is -2.36. The summed E-state index contributed by atoms with van der Waals surface area (Å²) in [5.41, 5.74) is 1.25. The first-order chi connectivity index (χ1) is 12.3. The minimum Gasteiger partial charge on any atom is -0.490 e. The van der Waals surface area contributed by atoms with Crippen LogP contribution in [0.5, 0.6) is 5.75 Å². The fourth-order valence-electron chi connectivity index (χ4n) is 3.77. The first-order valence-corrected chi connectivity index (χ1v) is 9.69. The number of carbonyl (C=O) groups is 2. The average Bonchev–Trinajstić information content (AvgIpc) is 2.61. The first kappa shape index (κ1) is 18.7. The Morgan fingerprint density at radius 2 is 1.85 bits per heavy atom. The third kappa shape index (κ3) is 4.37. The minimum absolute atomic E-state index is 0.00777. The molecule has 2 aliphatic rings. The molecule has 2 saturated heterocycles. The van der Waals surface area contributed by atoms with Crippen LogP contribution in [0.15, 0.2) is 24.3 Å². The number of rotatable bonds is 3. The molecule has 1 N–H and O–H groups in total. The van der Waals surface area contributed by atoms with Gasteiger partial charge in [0.25, 0.3) is 0 Å². The molecule has 1 aromatic carbocycles. The summed E-state index contributed by atoms with van der Waals surface area (Å²) < 4.78 is 6.30. The van der Waals surface area contributed by atoms with E-state index in [9.17, 15) is 9.59 Å². The fourth-order valence-corrected chi connectivity index (χ4v) is 3.77. The molecule has 1 aromatic rings. The van der Waals surface area contributed by atoms with Gasteiger partial charge in [0.2, 0.25) is 11.8 Å². The van der Waals surface area contributed by atoms with Gasteiger partial charge >= 0.3 is 0 Å². The van der Waals surface area contributed by atoms with Gasteiger partial charge in [0.1, 0.15) is 17.9 Å². The van der Waals surface area contributed by atoms with Crippen molar-refractivity contribution in [2.45, 2.75) is 70.4 Å². The number of hydrogen-bond acceptors (Lipinski definition) is 3. The number of likely N-dealkylation sites (tertiary alicyclic amines) is 1. The summed E-state index contributed by atoms with van der Waals surface area (Å²) in [7, 11) is 0. The Morgan fingerprint density at radius 3 is 2.50 bits per heavy atom. The number of piperidine rings is 2. The molecule has 1 atom stereocenters. The summed E-state index contributed by atoms with van der Waals surface area (Å²) in [4.78, 5) is 26.0. The fraction of sp³-hybridized carbons (Fsp3) is 0.619. The molecule has 0 bridgehead atoms. The van der Waals surface area contributed by atoms with Crippen LogP contribution in [0.1, 0.15) is 58.4 Å². The molecule has 0 aromatic heterocycles. The lowest BCUT2D eigenvalue weighted by Crippen LogP contribution is -2.53. The summed E-state index contributed by atoms with van der Waals surface area (Å²) in [5.74, 6) is 1.00. The predicted molar refractivity (Wildman–Crippen MR) is 101 cm³/mol. The highest BCUT2D eigenvalue weighted by Crippen LogP contribution is 2.32. The van der Waals surface area contributed by atoms with Gasteiger partial charge in [-0.2, -0.15) is 0 Å². The van der Waals surface area contributed by atoms with E-state index < -0.39 is 0 Å². The monoisotopic (exact) mass is 358 g/mol. The Kier molecular flexibility index (Phi) is 5.54. The van der Waals surface area contributed by atoms with Crippen molar-refractivity contribution < 1.29 is 14.3 Å². The van der Waals surface area contributed by atoms with E-state index in [0.29, 0.717) is 19.5 Å². The van der Waals surface area contributed by atoms with Gasteiger partial charge in [0.15, 0.2) is 0 Å². The lowest BCUT2D eigenvalue weighted by molar-refractivity contribution is -0.139. The Hall–Kier alpha value is -2.04. The highest BCUT2D eigenvalue weighted by Gasteiger charge is 2.32. The largest absolute Gasteiger partial charge is 0.490 e. The van der Waals surface area contributed by atoms with Gasteiger partial charge in [-0.1, -0.05) is 39.0 Å². The Balaban J connectivity index is 1.56. The molecule has 0 radical (unpaired) electrons. The zero-order valence-electron chi connectivity index (χ0n) is 16.1. The second-order valence-electron chi connectivity index (χ2n) is 8.40. The SMILES string of the molecule is CC(C)(C)c1ccccc1OC1CCN(C(=O)C2CCCC(=O)N2)CC1. The second-order valence-corrected chi connectivity index (χ2v) is 8.40. The Morgan fingerprint density at radius 1 is 1.15 bits per heavy atom. The molecule has 5 heteroatoms. The maximum absolute atomic E-state index is 12.6. The van der Waals surface area contributed by atoms with Crippen LogP contribution in [0.4, 0.5) is 0 Å². The zero-order valence-corrected chi connectivity index (χ0v) is 16.1. The van der Waals surface area contributed by atoms with Crippen LogP contribution in [0.3, 0.4) is 0 Å². The van der Waals surface area contributed by atoms with Crippen molar-refractivity contribution in [3.8, 4) is 5.75 Å². The molecule has 2 aliphatic heterocycles. The van der Waals surface area contributed by atoms with Crippen LogP contribution in [0.2, 0.25) is 0 Å². The van der Waals surface area contributed by atoms with Crippen LogP contribution >= 0.6 is 0 Å². The average molecular weight is 358 g/mol. The molecule has 0 spiro atoms. The standard InChI is InChI=1S/C21H30N2O3/c1-21(2,3)16-7-4-5-9-18(16)26-15-11-13-23(14-12-15)20(25)17-8-6-10-19(24)22-17/h4-5,7,9,15,17H,6,8,10-14H2,1-3H3,(H,22,24). The van der Waals surface area contributed by atoms with Crippen molar-refractivity contribution in [2.75, 3.05) is 13.1 Å². The van der Waals surface area contributed by atoms with Crippen LogP contribution in [0, 0.1) is 0 Å². The maximum Gasteiger partial charge on any atom is 0.245 e. The van der Waals surface area contributed by atoms with E-state index in [4.69, 9.17) is 4.74 Å². The van der Waals surface area contributed by atoms with Crippen LogP contribution in [-0.4, -0.2) is 41.9 Å². The van der Waals surface area contributed by atoms with Crippen LogP contribution in [0.25, 0.3) is 0 Å². The predicted octanol–water partition coefficient (Wildman–Crippen LogP) is 3.02. The van der Waals surface area contributed by atoms with E-state index in [1.54, 1.807) is 0 Å². The minimum atomic E-state index is -0.338. The highest BCUT2D eigenvalue weighted by molar-refractivity contribution is 5.88. The van der Waals surface area contributed by atoms with Gasteiger partial charge in [0, 0.05) is 32.4 Å². The molecular weight excluding hydrogens is 328 g/mol. The number of para-hydroxylation sites is 1. The molecular formula is C21H30N2O3. The maximum atomic E-state index is 12.6. The molecule has 0 aliphatic carbocycles. The van der Waals surface area contributed by atoms with E-state index in [0.717, 1.165) is 31.4 Å². The zero-order chi connectivity index (χ0) is 18.7. The summed E-state index contributed by atoms with van der Waals surface area (Å²) in [6, 6.07) is 7.88. The van der Waals surface area contributed by atoms with Gasteiger partial charge in [-0.25, -0.2) is 0 Å². The van der Waals surface area contributed by atoms with Gasteiger partial charge in [-0.15, -0.1) is 0 Å². The van der Waals surface area contributed by atoms with Crippen molar-refractivity contribution >= 4 is 11.8 Å². The number of amides is 2. The molecule has 1 unspecified atom stereocenters. The summed E-state index contributed by atoms with van der Waals surface area (Å²) in [6.45, 7) is 7.94. The van der Waals surface area contributed by atoms with Crippen molar-refractivity contribution in [1.29, 1.82) is 0 Å². The Labute approximate surface area is 156 Å². The van der Waals surface area contributed by atoms with Gasteiger partial charge in [-0.3, -0.25) is 9.59 Å². The molecule has 2 amide bonds. The molecule has 142 valence electrons. The molecule has 0 saturated carbocycles. The molecule has 26 heavy (non-hydrogen) atoms. The summed E-state index contributed by atoms with van der Waals surface area (Å²) in [5, 5.41) is 2.83. The first-order valence-electron chi connectivity index (χ1n) is 9.69. The highest BCUT2D eigenvalue weighted by atomic mass is 16.5. The number of hydrogen-bond donors (Lipinski definition) is 1. The van der Waals surface area contributed by atoms with Crippen LogP contribution in [-0.2, 0) is 15.0 Å². The van der Waals surface area contributed by atoms with Gasteiger partial charge in [0.05, 0.1) is 0 Å². The van der Waals surface area contributed by atoms with Gasteiger partial charge < -0.3 is 15.0 Å². The molecule has 5 nitrogen and oxygen atoms in total. The third-order valence-corrected chi connectivity index (χ3v) is 5.27. The summed E-state index contributed by atoms with van der Waals surface area (Å²) >= 11 is 0. The number of carbonyl (C=O) groups excluding carboxylic acids is 2. The summed E-state index contributed by atoms with van der Waals surface area (Å²) in [6.07, 6.45) is 3.86. The normalized spacial score (nSPS) is 22.0. The van der Waals surface area contributed by atoms with Crippen molar-refractivity contribution in [1.82, 2.24) is 10.2 Å². The van der Waals surface area contributed by atoms with Crippen LogP contribution < -0.4 is 10.1 Å².